The van der Waals surface area contributed by atoms with Crippen molar-refractivity contribution in [2.45, 2.75) is 19.4 Å². The molecule has 17 heavy (non-hydrogen) atoms. The smallest absolute Gasteiger partial charge is 0.257 e. The standard InChI is InChI=1S/C10H13Cl2N3O2/c1-10(2,5-16)15(3)9(17)6-4-7(11)13-14-8(6)12/h4,16H,5H2,1-3H3. The van der Waals surface area contributed by atoms with Crippen LogP contribution in [0, 0.1) is 0 Å². The van der Waals surface area contributed by atoms with Crippen LogP contribution in [0.4, 0.5) is 0 Å². The third-order valence-corrected chi connectivity index (χ3v) is 3.01. The predicted octanol–water partition coefficient (Wildman–Crippen LogP) is 1.63. The number of hydrogen-bond acceptors (Lipinski definition) is 4. The lowest BCUT2D eigenvalue weighted by Gasteiger charge is -2.34. The fraction of sp³-hybridized carbons (Fsp3) is 0.500. The lowest BCUT2D eigenvalue weighted by Crippen LogP contribution is -2.47. The Labute approximate surface area is 109 Å². The third-order valence-electron chi connectivity index (χ3n) is 2.55. The zero-order valence-electron chi connectivity index (χ0n) is 9.74. The third kappa shape index (κ3) is 3.06. The van der Waals surface area contributed by atoms with Crippen LogP contribution in [-0.2, 0) is 0 Å². The SMILES string of the molecule is CN(C(=O)c1cc(Cl)nnc1Cl)C(C)(C)CO. The van der Waals surface area contributed by atoms with Crippen molar-refractivity contribution in [1.29, 1.82) is 0 Å². The Balaban J connectivity index is 3.08. The van der Waals surface area contributed by atoms with Gasteiger partial charge in [-0.2, -0.15) is 0 Å². The van der Waals surface area contributed by atoms with Gasteiger partial charge in [-0.15, -0.1) is 10.2 Å². The molecule has 0 spiro atoms. The second-order valence-corrected chi connectivity index (χ2v) is 4.95. The van der Waals surface area contributed by atoms with E-state index < -0.39 is 5.54 Å². The fourth-order valence-corrected chi connectivity index (χ4v) is 1.38. The molecular weight excluding hydrogens is 265 g/mol. The summed E-state index contributed by atoms with van der Waals surface area (Å²) in [7, 11) is 1.57. The van der Waals surface area contributed by atoms with Crippen molar-refractivity contribution in [3.8, 4) is 0 Å². The molecule has 0 aliphatic heterocycles. The van der Waals surface area contributed by atoms with Gasteiger partial charge in [0.15, 0.2) is 10.3 Å². The van der Waals surface area contributed by atoms with Crippen LogP contribution in [0.2, 0.25) is 10.3 Å². The molecular formula is C10H13Cl2N3O2. The summed E-state index contributed by atoms with van der Waals surface area (Å²) < 4.78 is 0. The maximum Gasteiger partial charge on any atom is 0.257 e. The maximum atomic E-state index is 12.1. The first-order chi connectivity index (χ1) is 7.79. The summed E-state index contributed by atoms with van der Waals surface area (Å²) in [4.78, 5) is 13.5. The molecule has 0 saturated heterocycles. The van der Waals surface area contributed by atoms with Crippen molar-refractivity contribution < 1.29 is 9.90 Å². The van der Waals surface area contributed by atoms with Crippen molar-refractivity contribution in [3.05, 3.63) is 21.9 Å². The summed E-state index contributed by atoms with van der Waals surface area (Å²) in [5.74, 6) is -0.370. The first kappa shape index (κ1) is 14.2. The monoisotopic (exact) mass is 277 g/mol. The molecule has 0 unspecified atom stereocenters. The first-order valence-corrected chi connectivity index (χ1v) is 5.63. The summed E-state index contributed by atoms with van der Waals surface area (Å²) >= 11 is 11.4. The van der Waals surface area contributed by atoms with Crippen LogP contribution in [0.1, 0.15) is 24.2 Å². The molecule has 0 aromatic carbocycles. The Morgan fingerprint density at radius 2 is 2.06 bits per heavy atom. The molecule has 0 fully saturated rings. The number of amides is 1. The number of nitrogens with zero attached hydrogens (tertiary/aromatic N) is 3. The molecule has 94 valence electrons. The van der Waals surface area contributed by atoms with Gasteiger partial charge >= 0.3 is 0 Å². The highest BCUT2D eigenvalue weighted by molar-refractivity contribution is 6.34. The van der Waals surface area contributed by atoms with Gasteiger partial charge in [0.25, 0.3) is 5.91 Å². The lowest BCUT2D eigenvalue weighted by molar-refractivity contribution is 0.0473. The van der Waals surface area contributed by atoms with E-state index in [4.69, 9.17) is 23.2 Å². The topological polar surface area (TPSA) is 66.3 Å². The second kappa shape index (κ2) is 5.16. The quantitative estimate of drug-likeness (QED) is 0.912. The van der Waals surface area contributed by atoms with Crippen LogP contribution in [0.15, 0.2) is 6.07 Å². The first-order valence-electron chi connectivity index (χ1n) is 4.87. The van der Waals surface area contributed by atoms with Crippen molar-refractivity contribution in [2.75, 3.05) is 13.7 Å². The normalized spacial score (nSPS) is 11.4. The van der Waals surface area contributed by atoms with Gasteiger partial charge in [0.05, 0.1) is 17.7 Å². The molecule has 1 aromatic heterocycles. The molecule has 5 nitrogen and oxygen atoms in total. The minimum atomic E-state index is -0.698. The molecule has 1 aromatic rings. The second-order valence-electron chi connectivity index (χ2n) is 4.21. The molecule has 1 heterocycles. The van der Waals surface area contributed by atoms with Gasteiger partial charge in [0.1, 0.15) is 0 Å². The number of aliphatic hydroxyl groups is 1. The number of halogens is 2. The predicted molar refractivity (Wildman–Crippen MR) is 65.3 cm³/mol. The highest BCUT2D eigenvalue weighted by Crippen LogP contribution is 2.21. The van der Waals surface area contributed by atoms with Gasteiger partial charge < -0.3 is 10.0 Å². The zero-order chi connectivity index (χ0) is 13.2. The number of carbonyl (C=O) groups excluding carboxylic acids is 1. The maximum absolute atomic E-state index is 12.1. The van der Waals surface area contributed by atoms with E-state index >= 15 is 0 Å². The van der Waals surface area contributed by atoms with Gasteiger partial charge in [-0.05, 0) is 19.9 Å². The molecule has 1 N–H and O–H groups in total. The van der Waals surface area contributed by atoms with Crippen molar-refractivity contribution in [1.82, 2.24) is 15.1 Å². The highest BCUT2D eigenvalue weighted by Gasteiger charge is 2.29. The molecule has 0 saturated carbocycles. The van der Waals surface area contributed by atoms with Crippen molar-refractivity contribution in [3.63, 3.8) is 0 Å². The van der Waals surface area contributed by atoms with Gasteiger partial charge in [-0.3, -0.25) is 4.79 Å². The molecule has 0 radical (unpaired) electrons. The van der Waals surface area contributed by atoms with E-state index in [0.29, 0.717) is 0 Å². The van der Waals surface area contributed by atoms with Crippen LogP contribution >= 0.6 is 23.2 Å². The minimum Gasteiger partial charge on any atom is -0.394 e. The minimum absolute atomic E-state index is 0.0139. The highest BCUT2D eigenvalue weighted by atomic mass is 35.5. The number of likely N-dealkylation sites (N-methyl/N-ethyl adjacent to an activating group) is 1. The molecule has 0 aliphatic rings. The Bertz CT molecular complexity index is 438. The lowest BCUT2D eigenvalue weighted by atomic mass is 10.0. The van der Waals surface area contributed by atoms with Gasteiger partial charge in [-0.1, -0.05) is 23.2 Å². The number of aromatic nitrogens is 2. The van der Waals surface area contributed by atoms with Gasteiger partial charge in [-0.25, -0.2) is 0 Å². The van der Waals surface area contributed by atoms with E-state index in [2.05, 4.69) is 10.2 Å². The number of rotatable bonds is 3. The summed E-state index contributed by atoms with van der Waals surface area (Å²) in [5.41, 5.74) is -0.536. The Morgan fingerprint density at radius 1 is 1.47 bits per heavy atom. The van der Waals surface area contributed by atoms with Crippen molar-refractivity contribution in [2.24, 2.45) is 0 Å². The Kier molecular flexibility index (Phi) is 4.30. The number of hydrogen-bond donors (Lipinski definition) is 1. The molecule has 0 bridgehead atoms. The number of aliphatic hydroxyl groups excluding tert-OH is 1. The molecule has 0 atom stereocenters. The van der Waals surface area contributed by atoms with E-state index in [1.54, 1.807) is 20.9 Å². The molecule has 7 heteroatoms. The Hall–Kier alpha value is -0.910. The Morgan fingerprint density at radius 3 is 2.59 bits per heavy atom. The van der Waals surface area contributed by atoms with E-state index in [1.165, 1.54) is 11.0 Å². The largest absolute Gasteiger partial charge is 0.394 e. The van der Waals surface area contributed by atoms with Crippen LogP contribution in [0.5, 0.6) is 0 Å². The van der Waals surface area contributed by atoms with E-state index in [9.17, 15) is 9.90 Å². The molecule has 1 rings (SSSR count). The van der Waals surface area contributed by atoms with E-state index in [0.717, 1.165) is 0 Å². The van der Waals surface area contributed by atoms with Crippen LogP contribution in [0.3, 0.4) is 0 Å². The van der Waals surface area contributed by atoms with Gasteiger partial charge in [0, 0.05) is 7.05 Å². The molecule has 1 amide bonds. The summed E-state index contributed by atoms with van der Waals surface area (Å²) in [6.07, 6.45) is 0. The van der Waals surface area contributed by atoms with E-state index in [1.807, 2.05) is 0 Å². The van der Waals surface area contributed by atoms with Gasteiger partial charge in [0.2, 0.25) is 0 Å². The zero-order valence-corrected chi connectivity index (χ0v) is 11.2. The summed E-state index contributed by atoms with van der Waals surface area (Å²) in [6, 6.07) is 1.35. The average Bonchev–Trinajstić information content (AvgIpc) is 2.30. The summed E-state index contributed by atoms with van der Waals surface area (Å²) in [5, 5.41) is 16.4. The van der Waals surface area contributed by atoms with Crippen molar-refractivity contribution >= 4 is 29.1 Å². The van der Waals surface area contributed by atoms with Crippen LogP contribution in [-0.4, -0.2) is 45.3 Å². The average molecular weight is 278 g/mol. The van der Waals surface area contributed by atoms with E-state index in [-0.39, 0.29) is 28.4 Å². The van der Waals surface area contributed by atoms with Crippen LogP contribution in [0.25, 0.3) is 0 Å². The molecule has 0 aliphatic carbocycles. The number of carbonyl (C=O) groups is 1. The van der Waals surface area contributed by atoms with Crippen LogP contribution < -0.4 is 0 Å². The summed E-state index contributed by atoms with van der Waals surface area (Å²) in [6.45, 7) is 3.29. The fourth-order valence-electron chi connectivity index (χ4n) is 1.06.